The molecule has 3 saturated carbocycles. The van der Waals surface area contributed by atoms with Crippen molar-refractivity contribution >= 4 is 0 Å². The summed E-state index contributed by atoms with van der Waals surface area (Å²) in [6.07, 6.45) is 16.3. The van der Waals surface area contributed by atoms with E-state index in [2.05, 4.69) is 13.0 Å². The van der Waals surface area contributed by atoms with Gasteiger partial charge in [0.2, 0.25) is 0 Å². The van der Waals surface area contributed by atoms with E-state index in [1.165, 1.54) is 44.9 Å². The molecule has 2 saturated heterocycles. The zero-order valence-corrected chi connectivity index (χ0v) is 16.6. The van der Waals surface area contributed by atoms with Crippen molar-refractivity contribution < 1.29 is 18.9 Å². The van der Waals surface area contributed by atoms with Crippen LogP contribution in [-0.2, 0) is 18.9 Å². The third kappa shape index (κ3) is 3.52. The van der Waals surface area contributed by atoms with E-state index in [0.717, 1.165) is 32.0 Å². The van der Waals surface area contributed by atoms with Crippen LogP contribution in [0.1, 0.15) is 64.7 Å². The van der Waals surface area contributed by atoms with Gasteiger partial charge in [-0.3, -0.25) is 0 Å². The van der Waals surface area contributed by atoms with E-state index in [1.807, 2.05) is 0 Å². The number of rotatable bonds is 6. The third-order valence-corrected chi connectivity index (χ3v) is 8.29. The highest BCUT2D eigenvalue weighted by atomic mass is 16.6. The predicted molar refractivity (Wildman–Crippen MR) is 102 cm³/mol. The van der Waals surface area contributed by atoms with Crippen LogP contribution in [0.3, 0.4) is 0 Å². The summed E-state index contributed by atoms with van der Waals surface area (Å²) in [5, 5.41) is 0. The molecule has 4 heteroatoms. The molecular formula is C23H34O4. The lowest BCUT2D eigenvalue weighted by atomic mass is 9.92. The van der Waals surface area contributed by atoms with Gasteiger partial charge in [0.1, 0.15) is 0 Å². The number of hydrogen-bond acceptors (Lipinski definition) is 4. The number of hydrogen-bond donors (Lipinski definition) is 0. The van der Waals surface area contributed by atoms with Crippen LogP contribution in [0.25, 0.3) is 0 Å². The molecule has 9 unspecified atom stereocenters. The second-order valence-electron chi connectivity index (χ2n) is 10.3. The fraction of sp³-hybridized carbons (Fsp3) is 0.913. The van der Waals surface area contributed by atoms with Crippen molar-refractivity contribution in [1.29, 1.82) is 0 Å². The molecule has 0 aromatic carbocycles. The smallest absolute Gasteiger partial charge is 0.0866 e. The van der Waals surface area contributed by atoms with Crippen LogP contribution in [0.4, 0.5) is 0 Å². The summed E-state index contributed by atoms with van der Waals surface area (Å²) in [7, 11) is 0. The van der Waals surface area contributed by atoms with Gasteiger partial charge in [-0.15, -0.1) is 0 Å². The fourth-order valence-corrected chi connectivity index (χ4v) is 6.38. The molecule has 5 fully saturated rings. The van der Waals surface area contributed by atoms with E-state index < -0.39 is 0 Å². The SMILES string of the molecule is CC1=CCC(COC2CCC3OC3C2)C2CC2(COC2CCC3OC3C2)C1. The minimum Gasteiger partial charge on any atom is -0.378 e. The van der Waals surface area contributed by atoms with Gasteiger partial charge in [-0.25, -0.2) is 0 Å². The maximum Gasteiger partial charge on any atom is 0.0866 e. The molecule has 6 aliphatic rings. The quantitative estimate of drug-likeness (QED) is 0.520. The summed E-state index contributed by atoms with van der Waals surface area (Å²) < 4.78 is 24.2. The van der Waals surface area contributed by atoms with Gasteiger partial charge in [-0.05, 0) is 63.7 Å². The van der Waals surface area contributed by atoms with Crippen LogP contribution in [0.2, 0.25) is 0 Å². The lowest BCUT2D eigenvalue weighted by Crippen LogP contribution is -2.28. The highest BCUT2D eigenvalue weighted by molar-refractivity contribution is 5.17. The molecule has 0 aromatic rings. The number of ether oxygens (including phenoxy) is 4. The predicted octanol–water partition coefficient (Wildman–Crippen LogP) is 4.02. The number of epoxide rings is 2. The monoisotopic (exact) mass is 374 g/mol. The maximum absolute atomic E-state index is 6.47. The third-order valence-electron chi connectivity index (χ3n) is 8.29. The van der Waals surface area contributed by atoms with Gasteiger partial charge in [0.15, 0.2) is 0 Å². The van der Waals surface area contributed by atoms with E-state index >= 15 is 0 Å². The van der Waals surface area contributed by atoms with E-state index in [1.54, 1.807) is 5.57 Å². The topological polar surface area (TPSA) is 43.5 Å². The van der Waals surface area contributed by atoms with E-state index in [9.17, 15) is 0 Å². The van der Waals surface area contributed by atoms with Crippen LogP contribution >= 0.6 is 0 Å². The van der Waals surface area contributed by atoms with Crippen LogP contribution in [-0.4, -0.2) is 49.8 Å². The van der Waals surface area contributed by atoms with Crippen molar-refractivity contribution in [3.63, 3.8) is 0 Å². The first kappa shape index (κ1) is 17.4. The Morgan fingerprint density at radius 1 is 0.963 bits per heavy atom. The summed E-state index contributed by atoms with van der Waals surface area (Å²) in [5.41, 5.74) is 1.95. The van der Waals surface area contributed by atoms with Crippen LogP contribution in [0.15, 0.2) is 11.6 Å². The highest BCUT2D eigenvalue weighted by Gasteiger charge is 2.58. The van der Waals surface area contributed by atoms with Crippen LogP contribution in [0.5, 0.6) is 0 Å². The van der Waals surface area contributed by atoms with Crippen molar-refractivity contribution in [3.05, 3.63) is 11.6 Å². The Kier molecular flexibility index (Phi) is 4.23. The molecule has 0 spiro atoms. The molecule has 0 N–H and O–H groups in total. The van der Waals surface area contributed by atoms with Crippen LogP contribution < -0.4 is 0 Å². The zero-order valence-electron chi connectivity index (χ0n) is 16.6. The van der Waals surface area contributed by atoms with Gasteiger partial charge in [-0.2, -0.15) is 0 Å². The van der Waals surface area contributed by atoms with Gasteiger partial charge < -0.3 is 18.9 Å². The molecule has 0 bridgehead atoms. The largest absolute Gasteiger partial charge is 0.378 e. The first-order chi connectivity index (χ1) is 13.2. The molecule has 2 heterocycles. The summed E-state index contributed by atoms with van der Waals surface area (Å²) in [4.78, 5) is 0. The van der Waals surface area contributed by atoms with Crippen molar-refractivity contribution in [2.24, 2.45) is 17.3 Å². The van der Waals surface area contributed by atoms with Crippen molar-refractivity contribution in [3.8, 4) is 0 Å². The first-order valence-corrected chi connectivity index (χ1v) is 11.4. The second kappa shape index (κ2) is 6.55. The van der Waals surface area contributed by atoms with Gasteiger partial charge in [0.25, 0.3) is 0 Å². The average molecular weight is 375 g/mol. The van der Waals surface area contributed by atoms with Gasteiger partial charge in [0.05, 0.1) is 49.8 Å². The number of fused-ring (bicyclic) bond motifs is 3. The van der Waals surface area contributed by atoms with E-state index in [4.69, 9.17) is 18.9 Å². The Balaban J connectivity index is 1.04. The molecule has 0 amide bonds. The Bertz CT molecular complexity index is 617. The zero-order chi connectivity index (χ0) is 18.0. The molecule has 0 aromatic heterocycles. The van der Waals surface area contributed by atoms with Crippen molar-refractivity contribution in [1.82, 2.24) is 0 Å². The summed E-state index contributed by atoms with van der Waals surface area (Å²) in [5.74, 6) is 1.46. The van der Waals surface area contributed by atoms with Crippen molar-refractivity contribution in [2.45, 2.75) is 101 Å². The van der Waals surface area contributed by atoms with Crippen molar-refractivity contribution in [2.75, 3.05) is 13.2 Å². The first-order valence-electron chi connectivity index (χ1n) is 11.4. The minimum absolute atomic E-state index is 0.392. The summed E-state index contributed by atoms with van der Waals surface area (Å²) in [6.45, 7) is 4.19. The van der Waals surface area contributed by atoms with Crippen LogP contribution in [0, 0.1) is 17.3 Å². The second-order valence-corrected chi connectivity index (χ2v) is 10.3. The Hall–Kier alpha value is -0.420. The molecule has 6 rings (SSSR count). The highest BCUT2D eigenvalue weighted by Crippen LogP contribution is 2.62. The number of allylic oxidation sites excluding steroid dienone is 2. The molecule has 9 atom stereocenters. The maximum atomic E-state index is 6.47. The van der Waals surface area contributed by atoms with E-state index in [0.29, 0.717) is 48.0 Å². The molecule has 27 heavy (non-hydrogen) atoms. The normalized spacial score (nSPS) is 52.7. The van der Waals surface area contributed by atoms with Gasteiger partial charge >= 0.3 is 0 Å². The molecule has 150 valence electrons. The standard InChI is InChI=1S/C23H34O4/c1-14-2-3-15(12-24-16-4-6-19-21(8-16)26-19)18-11-23(18,10-14)13-25-17-5-7-20-22(9-17)27-20/h2,15-22H,3-13H2,1H3. The Morgan fingerprint density at radius 3 is 2.37 bits per heavy atom. The lowest BCUT2D eigenvalue weighted by Gasteiger charge is -2.26. The van der Waals surface area contributed by atoms with Gasteiger partial charge in [-0.1, -0.05) is 11.6 Å². The molecular weight excluding hydrogens is 340 g/mol. The molecule has 0 radical (unpaired) electrons. The summed E-state index contributed by atoms with van der Waals surface area (Å²) >= 11 is 0. The Morgan fingerprint density at radius 2 is 1.67 bits per heavy atom. The average Bonchev–Trinajstić information content (AvgIpc) is 3.54. The minimum atomic E-state index is 0.392. The lowest BCUT2D eigenvalue weighted by molar-refractivity contribution is -0.0127. The molecule has 4 nitrogen and oxygen atoms in total. The molecule has 4 aliphatic carbocycles. The summed E-state index contributed by atoms with van der Waals surface area (Å²) in [6, 6.07) is 0. The van der Waals surface area contributed by atoms with E-state index in [-0.39, 0.29) is 0 Å². The fourth-order valence-electron chi connectivity index (χ4n) is 6.38. The van der Waals surface area contributed by atoms with Gasteiger partial charge in [0, 0.05) is 18.3 Å². The Labute approximate surface area is 162 Å². The molecule has 2 aliphatic heterocycles.